The van der Waals surface area contributed by atoms with E-state index in [9.17, 15) is 0 Å². The molecule has 2 unspecified atom stereocenters. The fourth-order valence-electron chi connectivity index (χ4n) is 5.00. The van der Waals surface area contributed by atoms with Crippen molar-refractivity contribution >= 4 is 15.9 Å². The average Bonchev–Trinajstić information content (AvgIpc) is 2.62. The lowest BCUT2D eigenvalue weighted by Crippen LogP contribution is -2.09. The van der Waals surface area contributed by atoms with Crippen LogP contribution >= 0.6 is 15.9 Å². The highest BCUT2D eigenvalue weighted by Crippen LogP contribution is 2.39. The van der Waals surface area contributed by atoms with Gasteiger partial charge in [-0.15, -0.1) is 0 Å². The van der Waals surface area contributed by atoms with E-state index >= 15 is 0 Å². The number of fused-ring (bicyclic) bond motifs is 2. The first-order valence-corrected chi connectivity index (χ1v) is 12.5. The van der Waals surface area contributed by atoms with Crippen LogP contribution in [-0.4, -0.2) is 0 Å². The molecule has 0 aromatic heterocycles. The van der Waals surface area contributed by atoms with Gasteiger partial charge in [0.1, 0.15) is 0 Å². The summed E-state index contributed by atoms with van der Waals surface area (Å²) in [6.45, 7) is 2.31. The van der Waals surface area contributed by atoms with E-state index in [1.807, 2.05) is 5.57 Å². The van der Waals surface area contributed by atoms with Crippen LogP contribution < -0.4 is 0 Å². The van der Waals surface area contributed by atoms with Gasteiger partial charge in [0.25, 0.3) is 0 Å². The Kier molecular flexibility index (Phi) is 11.5. The molecule has 0 saturated heterocycles. The second-order valence-electron chi connectivity index (χ2n) is 8.87. The molecule has 0 aliphatic heterocycles. The van der Waals surface area contributed by atoms with Gasteiger partial charge < -0.3 is 0 Å². The Labute approximate surface area is 166 Å². The van der Waals surface area contributed by atoms with Crippen molar-refractivity contribution in [3.8, 4) is 0 Å². The molecule has 0 aromatic rings. The molecule has 2 rings (SSSR count). The van der Waals surface area contributed by atoms with Gasteiger partial charge in [-0.25, -0.2) is 0 Å². The molecule has 2 bridgehead atoms. The maximum atomic E-state index is 4.15. The molecule has 0 aromatic carbocycles. The van der Waals surface area contributed by atoms with Crippen molar-refractivity contribution in [2.75, 3.05) is 0 Å². The van der Waals surface area contributed by atoms with E-state index in [-0.39, 0.29) is 0 Å². The zero-order chi connectivity index (χ0) is 17.7. The van der Waals surface area contributed by atoms with Crippen LogP contribution in [0.2, 0.25) is 0 Å². The van der Waals surface area contributed by atoms with Crippen molar-refractivity contribution in [3.63, 3.8) is 0 Å². The summed E-state index contributed by atoms with van der Waals surface area (Å²) >= 11 is 4.15. The number of hydrogen-bond donors (Lipinski definition) is 0. The van der Waals surface area contributed by atoms with Crippen LogP contribution in [0, 0.1) is 11.8 Å². The quantitative estimate of drug-likeness (QED) is 0.366. The molecular weight excluding hydrogens is 368 g/mol. The van der Waals surface area contributed by atoms with Gasteiger partial charge in [-0.05, 0) is 48.4 Å². The summed E-state index contributed by atoms with van der Waals surface area (Å²) in [5, 5.41) is 0. The maximum Gasteiger partial charge on any atom is -0.00263 e. The molecule has 0 amide bonds. The van der Waals surface area contributed by atoms with Crippen LogP contribution in [0.15, 0.2) is 10.1 Å². The third-order valence-electron chi connectivity index (χ3n) is 6.64. The Balaban J connectivity index is 1.94. The molecule has 146 valence electrons. The SMILES string of the molecule is CCCCCCCCC1CCCCCCC2CCCCCC(=C1Br)C2. The first-order chi connectivity index (χ1) is 12.3. The molecule has 0 spiro atoms. The number of hydrogen-bond acceptors (Lipinski definition) is 0. The summed E-state index contributed by atoms with van der Waals surface area (Å²) in [5.41, 5.74) is 1.82. The fourth-order valence-corrected chi connectivity index (χ4v) is 5.82. The highest BCUT2D eigenvalue weighted by Gasteiger charge is 2.21. The van der Waals surface area contributed by atoms with Gasteiger partial charge >= 0.3 is 0 Å². The van der Waals surface area contributed by atoms with E-state index in [0.29, 0.717) is 0 Å². The predicted molar refractivity (Wildman–Crippen MR) is 116 cm³/mol. The van der Waals surface area contributed by atoms with Crippen molar-refractivity contribution < 1.29 is 0 Å². The largest absolute Gasteiger partial charge is 0.0654 e. The summed E-state index contributed by atoms with van der Waals surface area (Å²) in [6.07, 6.45) is 27.5. The molecule has 1 fully saturated rings. The van der Waals surface area contributed by atoms with Crippen LogP contribution in [0.3, 0.4) is 0 Å². The third kappa shape index (κ3) is 8.63. The molecule has 2 aliphatic rings. The predicted octanol–water partition coefficient (Wildman–Crippen LogP) is 9.33. The first-order valence-electron chi connectivity index (χ1n) is 11.7. The van der Waals surface area contributed by atoms with E-state index in [0.717, 1.165) is 11.8 Å². The summed E-state index contributed by atoms with van der Waals surface area (Å²) < 4.78 is 1.66. The van der Waals surface area contributed by atoms with Gasteiger partial charge in [-0.3, -0.25) is 0 Å². The minimum atomic E-state index is 0.833. The Morgan fingerprint density at radius 3 is 2.16 bits per heavy atom. The van der Waals surface area contributed by atoms with Gasteiger partial charge in [0, 0.05) is 0 Å². The van der Waals surface area contributed by atoms with E-state index in [4.69, 9.17) is 0 Å². The lowest BCUT2D eigenvalue weighted by molar-refractivity contribution is 0.385. The topological polar surface area (TPSA) is 0 Å². The molecule has 2 aliphatic carbocycles. The number of rotatable bonds is 7. The molecular formula is C24H43Br. The Hall–Kier alpha value is 0.220. The first kappa shape index (κ1) is 21.5. The van der Waals surface area contributed by atoms with Gasteiger partial charge in [-0.2, -0.15) is 0 Å². The second kappa shape index (κ2) is 13.4. The minimum absolute atomic E-state index is 0.833. The van der Waals surface area contributed by atoms with Crippen molar-refractivity contribution in [1.29, 1.82) is 0 Å². The van der Waals surface area contributed by atoms with E-state index in [1.165, 1.54) is 122 Å². The van der Waals surface area contributed by atoms with Crippen LogP contribution in [0.1, 0.15) is 129 Å². The van der Waals surface area contributed by atoms with Crippen molar-refractivity contribution in [1.82, 2.24) is 0 Å². The molecule has 1 heteroatoms. The van der Waals surface area contributed by atoms with Gasteiger partial charge in [0.15, 0.2) is 0 Å². The lowest BCUT2D eigenvalue weighted by atomic mass is 9.83. The summed E-state index contributed by atoms with van der Waals surface area (Å²) in [6, 6.07) is 0. The van der Waals surface area contributed by atoms with Gasteiger partial charge in [0.2, 0.25) is 0 Å². The third-order valence-corrected chi connectivity index (χ3v) is 7.85. The van der Waals surface area contributed by atoms with E-state index in [1.54, 1.807) is 4.48 Å². The molecule has 0 radical (unpaired) electrons. The molecule has 25 heavy (non-hydrogen) atoms. The van der Waals surface area contributed by atoms with Crippen molar-refractivity contribution in [2.24, 2.45) is 11.8 Å². The standard InChI is InChI=1S/C24H43Br/c1-2-3-4-5-6-12-17-22-18-13-8-7-10-15-21-16-11-9-14-19-23(20-21)24(22)25/h21-22H,2-20H2,1H3. The Morgan fingerprint density at radius 2 is 1.40 bits per heavy atom. The summed E-state index contributed by atoms with van der Waals surface area (Å²) in [5.74, 6) is 1.81. The summed E-state index contributed by atoms with van der Waals surface area (Å²) in [7, 11) is 0. The van der Waals surface area contributed by atoms with Crippen molar-refractivity contribution in [3.05, 3.63) is 10.1 Å². The lowest BCUT2D eigenvalue weighted by Gasteiger charge is -2.25. The number of unbranched alkanes of at least 4 members (excludes halogenated alkanes) is 5. The molecule has 0 nitrogen and oxygen atoms in total. The number of allylic oxidation sites excluding steroid dienone is 2. The fraction of sp³-hybridized carbons (Fsp3) is 0.917. The Bertz CT molecular complexity index is 370. The normalized spacial score (nSPS) is 26.6. The zero-order valence-corrected chi connectivity index (χ0v) is 18.6. The van der Waals surface area contributed by atoms with Gasteiger partial charge in [0.05, 0.1) is 0 Å². The summed E-state index contributed by atoms with van der Waals surface area (Å²) in [4.78, 5) is 0. The Morgan fingerprint density at radius 1 is 0.760 bits per heavy atom. The smallest absolute Gasteiger partial charge is 0.00263 e. The van der Waals surface area contributed by atoms with Gasteiger partial charge in [-0.1, -0.05) is 118 Å². The van der Waals surface area contributed by atoms with Crippen LogP contribution in [0.5, 0.6) is 0 Å². The molecule has 0 heterocycles. The van der Waals surface area contributed by atoms with Crippen LogP contribution in [0.4, 0.5) is 0 Å². The number of halogens is 1. The molecule has 0 N–H and O–H groups in total. The molecule has 1 saturated carbocycles. The second-order valence-corrected chi connectivity index (χ2v) is 9.72. The van der Waals surface area contributed by atoms with Crippen molar-refractivity contribution in [2.45, 2.75) is 129 Å². The highest BCUT2D eigenvalue weighted by atomic mass is 79.9. The molecule has 2 atom stereocenters. The van der Waals surface area contributed by atoms with E-state index < -0.39 is 0 Å². The van der Waals surface area contributed by atoms with E-state index in [2.05, 4.69) is 22.9 Å². The zero-order valence-electron chi connectivity index (χ0n) is 17.0. The van der Waals surface area contributed by atoms with Crippen LogP contribution in [0.25, 0.3) is 0 Å². The van der Waals surface area contributed by atoms with Crippen LogP contribution in [-0.2, 0) is 0 Å². The monoisotopic (exact) mass is 410 g/mol. The average molecular weight is 412 g/mol. The minimum Gasteiger partial charge on any atom is -0.0654 e. The highest BCUT2D eigenvalue weighted by molar-refractivity contribution is 9.11. The maximum absolute atomic E-state index is 4.15.